The number of likely N-dealkylation sites (tertiary alicyclic amines) is 1. The van der Waals surface area contributed by atoms with Gasteiger partial charge in [-0.15, -0.1) is 12.4 Å². The Hall–Kier alpha value is -0.750. The molecule has 0 saturated carbocycles. The molecule has 4 nitrogen and oxygen atoms in total. The van der Waals surface area contributed by atoms with Crippen molar-refractivity contribution < 1.29 is 9.90 Å². The lowest BCUT2D eigenvalue weighted by Gasteiger charge is -2.35. The first-order valence-corrected chi connectivity index (χ1v) is 9.71. The summed E-state index contributed by atoms with van der Waals surface area (Å²) >= 11 is 1.93. The summed E-state index contributed by atoms with van der Waals surface area (Å²) in [5.41, 5.74) is 0.987. The van der Waals surface area contributed by atoms with Crippen LogP contribution >= 0.6 is 24.2 Å². The Kier molecular flexibility index (Phi) is 7.88. The van der Waals surface area contributed by atoms with Crippen LogP contribution < -0.4 is 5.32 Å². The topological polar surface area (TPSA) is 52.6 Å². The largest absolute Gasteiger partial charge is 0.388 e. The Morgan fingerprint density at radius 3 is 2.62 bits per heavy atom. The van der Waals surface area contributed by atoms with Crippen molar-refractivity contribution in [3.05, 3.63) is 35.9 Å². The maximum atomic E-state index is 12.4. The van der Waals surface area contributed by atoms with Gasteiger partial charge < -0.3 is 15.3 Å². The molecule has 134 valence electrons. The summed E-state index contributed by atoms with van der Waals surface area (Å²) in [6, 6.07) is 10.2. The van der Waals surface area contributed by atoms with Gasteiger partial charge in [0.05, 0.1) is 6.10 Å². The predicted molar refractivity (Wildman–Crippen MR) is 102 cm³/mol. The smallest absolute Gasteiger partial charge is 0.224 e. The van der Waals surface area contributed by atoms with Crippen LogP contribution in [0.25, 0.3) is 0 Å². The van der Waals surface area contributed by atoms with E-state index in [1.54, 1.807) is 0 Å². The molecule has 2 fully saturated rings. The number of aliphatic hydroxyl groups is 1. The van der Waals surface area contributed by atoms with E-state index in [0.29, 0.717) is 12.5 Å². The molecule has 2 aliphatic rings. The summed E-state index contributed by atoms with van der Waals surface area (Å²) in [4.78, 5) is 14.4. The molecular weight excluding hydrogens is 344 g/mol. The second kappa shape index (κ2) is 9.66. The van der Waals surface area contributed by atoms with Crippen LogP contribution in [0.2, 0.25) is 0 Å². The lowest BCUT2D eigenvalue weighted by Crippen LogP contribution is -2.45. The van der Waals surface area contributed by atoms with Crippen molar-refractivity contribution in [2.75, 3.05) is 31.1 Å². The van der Waals surface area contributed by atoms with Crippen molar-refractivity contribution in [1.29, 1.82) is 0 Å². The maximum absolute atomic E-state index is 12.4. The normalized spacial score (nSPS) is 23.4. The fourth-order valence-corrected chi connectivity index (χ4v) is 4.43. The number of thioether (sulfide) groups is 1. The highest BCUT2D eigenvalue weighted by Gasteiger charge is 2.29. The summed E-state index contributed by atoms with van der Waals surface area (Å²) in [7, 11) is 0. The van der Waals surface area contributed by atoms with E-state index >= 15 is 0 Å². The van der Waals surface area contributed by atoms with Gasteiger partial charge in [-0.25, -0.2) is 0 Å². The number of benzene rings is 1. The number of carbonyl (C=O) groups is 1. The quantitative estimate of drug-likeness (QED) is 0.854. The molecule has 3 rings (SSSR count). The molecular formula is C18H27ClN2O2S. The van der Waals surface area contributed by atoms with Gasteiger partial charge in [0, 0.05) is 43.6 Å². The standard InChI is InChI=1S/C18H26N2O2S.ClH/c21-17(12-16-13-23-11-8-19-16)20-9-6-15(7-10-20)18(22)14-4-2-1-3-5-14;/h1-5,15-16,18-19,22H,6-13H2;1H. The molecule has 1 amide bonds. The van der Waals surface area contributed by atoms with E-state index < -0.39 is 6.10 Å². The van der Waals surface area contributed by atoms with E-state index in [4.69, 9.17) is 0 Å². The molecule has 24 heavy (non-hydrogen) atoms. The second-order valence-corrected chi connectivity index (χ2v) is 7.65. The number of carbonyl (C=O) groups excluding carboxylic acids is 1. The predicted octanol–water partition coefficient (Wildman–Crippen LogP) is 2.48. The van der Waals surface area contributed by atoms with Crippen LogP contribution in [0.3, 0.4) is 0 Å². The molecule has 1 aromatic rings. The number of halogens is 1. The molecule has 0 spiro atoms. The molecule has 1 aromatic carbocycles. The third-order valence-electron chi connectivity index (χ3n) is 4.90. The van der Waals surface area contributed by atoms with E-state index in [2.05, 4.69) is 5.32 Å². The number of piperidine rings is 1. The van der Waals surface area contributed by atoms with Crippen LogP contribution in [0.1, 0.15) is 30.9 Å². The third kappa shape index (κ3) is 5.12. The Balaban J connectivity index is 0.00000208. The molecule has 0 aliphatic carbocycles. The van der Waals surface area contributed by atoms with Gasteiger partial charge in [-0.2, -0.15) is 11.8 Å². The molecule has 2 atom stereocenters. The average molecular weight is 371 g/mol. The van der Waals surface area contributed by atoms with E-state index in [0.717, 1.165) is 49.5 Å². The van der Waals surface area contributed by atoms with Crippen molar-refractivity contribution in [1.82, 2.24) is 10.2 Å². The van der Waals surface area contributed by atoms with Gasteiger partial charge >= 0.3 is 0 Å². The monoisotopic (exact) mass is 370 g/mol. The SMILES string of the molecule is Cl.O=C(CC1CSCCN1)N1CCC(C(O)c2ccccc2)CC1. The van der Waals surface area contributed by atoms with Gasteiger partial charge in [-0.1, -0.05) is 30.3 Å². The molecule has 2 saturated heterocycles. The minimum Gasteiger partial charge on any atom is -0.388 e. The highest BCUT2D eigenvalue weighted by Crippen LogP contribution is 2.30. The van der Waals surface area contributed by atoms with Gasteiger partial charge in [0.1, 0.15) is 0 Å². The highest BCUT2D eigenvalue weighted by atomic mass is 35.5. The third-order valence-corrected chi connectivity index (χ3v) is 6.03. The van der Waals surface area contributed by atoms with E-state index in [1.165, 1.54) is 0 Å². The lowest BCUT2D eigenvalue weighted by molar-refractivity contribution is -0.133. The Bertz CT molecular complexity index is 503. The van der Waals surface area contributed by atoms with Crippen LogP contribution in [0, 0.1) is 5.92 Å². The minimum absolute atomic E-state index is 0. The first-order chi connectivity index (χ1) is 11.2. The molecule has 6 heteroatoms. The van der Waals surface area contributed by atoms with Crippen molar-refractivity contribution in [2.24, 2.45) is 5.92 Å². The van der Waals surface area contributed by atoms with Gasteiger partial charge in [-0.05, 0) is 24.3 Å². The van der Waals surface area contributed by atoms with Gasteiger partial charge in [0.25, 0.3) is 0 Å². The highest BCUT2D eigenvalue weighted by molar-refractivity contribution is 7.99. The van der Waals surface area contributed by atoms with Crippen LogP contribution in [0.4, 0.5) is 0 Å². The molecule has 2 heterocycles. The van der Waals surface area contributed by atoms with E-state index in [-0.39, 0.29) is 24.2 Å². The molecule has 2 aliphatic heterocycles. The van der Waals surface area contributed by atoms with E-state index in [9.17, 15) is 9.90 Å². The first kappa shape index (κ1) is 19.6. The van der Waals surface area contributed by atoms with Gasteiger partial charge in [0.2, 0.25) is 5.91 Å². The van der Waals surface area contributed by atoms with Crippen LogP contribution in [-0.4, -0.2) is 53.1 Å². The maximum Gasteiger partial charge on any atom is 0.224 e. The van der Waals surface area contributed by atoms with Gasteiger partial charge in [0.15, 0.2) is 0 Å². The number of aliphatic hydroxyl groups excluding tert-OH is 1. The van der Waals surface area contributed by atoms with Crippen molar-refractivity contribution in [2.45, 2.75) is 31.4 Å². The molecule has 0 bridgehead atoms. The minimum atomic E-state index is -0.412. The van der Waals surface area contributed by atoms with E-state index in [1.807, 2.05) is 47.0 Å². The number of rotatable bonds is 4. The fraction of sp³-hybridized carbons (Fsp3) is 0.611. The second-order valence-electron chi connectivity index (χ2n) is 6.50. The van der Waals surface area contributed by atoms with Crippen molar-refractivity contribution in [3.8, 4) is 0 Å². The molecule has 0 aromatic heterocycles. The van der Waals surface area contributed by atoms with Gasteiger partial charge in [-0.3, -0.25) is 4.79 Å². The molecule has 2 unspecified atom stereocenters. The summed E-state index contributed by atoms with van der Waals surface area (Å²) in [6.45, 7) is 2.55. The summed E-state index contributed by atoms with van der Waals surface area (Å²) in [5, 5.41) is 13.9. The lowest BCUT2D eigenvalue weighted by atomic mass is 9.87. The number of hydrogen-bond acceptors (Lipinski definition) is 4. The number of nitrogens with zero attached hydrogens (tertiary/aromatic N) is 1. The zero-order valence-corrected chi connectivity index (χ0v) is 15.5. The Morgan fingerprint density at radius 1 is 1.29 bits per heavy atom. The molecule has 0 radical (unpaired) electrons. The van der Waals surface area contributed by atoms with Crippen LogP contribution in [0.15, 0.2) is 30.3 Å². The molecule has 2 N–H and O–H groups in total. The Morgan fingerprint density at radius 2 is 2.00 bits per heavy atom. The Labute approximate surface area is 154 Å². The summed E-state index contributed by atoms with van der Waals surface area (Å²) in [6.07, 6.45) is 1.97. The average Bonchev–Trinajstić information content (AvgIpc) is 2.63. The van der Waals surface area contributed by atoms with Crippen molar-refractivity contribution in [3.63, 3.8) is 0 Å². The number of nitrogens with one attached hydrogen (secondary N) is 1. The number of hydrogen-bond donors (Lipinski definition) is 2. The number of amides is 1. The fourth-order valence-electron chi connectivity index (χ4n) is 3.48. The first-order valence-electron chi connectivity index (χ1n) is 8.56. The van der Waals surface area contributed by atoms with Crippen molar-refractivity contribution >= 4 is 30.1 Å². The zero-order valence-electron chi connectivity index (χ0n) is 13.9. The van der Waals surface area contributed by atoms with Crippen LogP contribution in [-0.2, 0) is 4.79 Å². The summed E-state index contributed by atoms with van der Waals surface area (Å²) in [5.74, 6) is 2.70. The summed E-state index contributed by atoms with van der Waals surface area (Å²) < 4.78 is 0. The zero-order chi connectivity index (χ0) is 16.1. The van der Waals surface area contributed by atoms with Crippen LogP contribution in [0.5, 0.6) is 0 Å².